The number of aromatic hydroxyl groups is 1. The summed E-state index contributed by atoms with van der Waals surface area (Å²) in [5, 5.41) is 44.4. The first-order valence-electron chi connectivity index (χ1n) is 10.4. The van der Waals surface area contributed by atoms with Gasteiger partial charge in [-0.15, -0.1) is 0 Å². The van der Waals surface area contributed by atoms with Crippen molar-refractivity contribution >= 4 is 23.9 Å². The predicted octanol–water partition coefficient (Wildman–Crippen LogP) is -1.43. The molecule has 0 aliphatic rings. The molecule has 0 aromatic heterocycles. The Kier molecular flexibility index (Phi) is 17.3. The monoisotopic (exact) mass is 493 g/mol. The maximum Gasteiger partial charge on any atom is 1.00 e. The van der Waals surface area contributed by atoms with E-state index in [1.165, 1.54) is 0 Å². The molecular formula is C22H34N2NaO9+. The zero-order valence-electron chi connectivity index (χ0n) is 20.4. The fourth-order valence-corrected chi connectivity index (χ4v) is 2.99. The SMILES string of the molecule is CC(C)c1cccc(C(C)C)c1O.O=C(O)CN(CCN(CC(=O)O)CC(=O)O)CC(=O)O.[Na+]. The van der Waals surface area contributed by atoms with E-state index in [-0.39, 0.29) is 42.6 Å². The van der Waals surface area contributed by atoms with Crippen LogP contribution < -0.4 is 29.6 Å². The van der Waals surface area contributed by atoms with Gasteiger partial charge in [-0.1, -0.05) is 45.9 Å². The second-order valence-electron chi connectivity index (χ2n) is 8.09. The standard InChI is InChI=1S/C12H18O.C10H16N2O8.Na/c1-8(2)10-6-5-7-11(9(3)4)12(10)13;13-7(14)3-11(4-8(15)16)1-2-12(5-9(17)18)6-10(19)20;/h5-9,13H,1-4H3;1-6H2,(H,13,14)(H,15,16)(H,17,18)(H,19,20);/q;;+1. The third-order valence-corrected chi connectivity index (χ3v) is 4.51. The van der Waals surface area contributed by atoms with Crippen LogP contribution in [0.3, 0.4) is 0 Å². The summed E-state index contributed by atoms with van der Waals surface area (Å²) in [5.41, 5.74) is 2.09. The number of carboxylic acid groups (broad SMARTS) is 4. The van der Waals surface area contributed by atoms with Crippen LogP contribution in [0.15, 0.2) is 18.2 Å². The molecule has 0 aliphatic carbocycles. The van der Waals surface area contributed by atoms with Crippen LogP contribution in [0.5, 0.6) is 5.75 Å². The number of nitrogens with zero attached hydrogens (tertiary/aromatic N) is 2. The van der Waals surface area contributed by atoms with Gasteiger partial charge < -0.3 is 25.5 Å². The van der Waals surface area contributed by atoms with E-state index in [2.05, 4.69) is 27.7 Å². The smallest absolute Gasteiger partial charge is 0.507 e. The third-order valence-electron chi connectivity index (χ3n) is 4.51. The normalized spacial score (nSPS) is 10.6. The molecular weight excluding hydrogens is 459 g/mol. The number of carbonyl (C=O) groups is 4. The molecule has 0 amide bonds. The number of benzene rings is 1. The molecule has 34 heavy (non-hydrogen) atoms. The van der Waals surface area contributed by atoms with Crippen LogP contribution in [0.25, 0.3) is 0 Å². The van der Waals surface area contributed by atoms with E-state index in [0.29, 0.717) is 17.6 Å². The second-order valence-corrected chi connectivity index (χ2v) is 8.09. The van der Waals surface area contributed by atoms with Crippen molar-refractivity contribution in [3.63, 3.8) is 0 Å². The van der Waals surface area contributed by atoms with Gasteiger partial charge in [-0.05, 0) is 23.0 Å². The maximum atomic E-state index is 10.6. The van der Waals surface area contributed by atoms with Gasteiger partial charge in [0.15, 0.2) is 0 Å². The van der Waals surface area contributed by atoms with Crippen molar-refractivity contribution in [3.05, 3.63) is 29.3 Å². The van der Waals surface area contributed by atoms with E-state index in [9.17, 15) is 24.3 Å². The Bertz CT molecular complexity index is 721. The maximum absolute atomic E-state index is 10.6. The molecule has 0 saturated heterocycles. The summed E-state index contributed by atoms with van der Waals surface area (Å²) >= 11 is 0. The Morgan fingerprint density at radius 1 is 0.676 bits per heavy atom. The van der Waals surface area contributed by atoms with Gasteiger partial charge in [-0.3, -0.25) is 29.0 Å². The van der Waals surface area contributed by atoms with Crippen LogP contribution in [0.1, 0.15) is 50.7 Å². The molecule has 0 radical (unpaired) electrons. The van der Waals surface area contributed by atoms with Crippen LogP contribution in [0.2, 0.25) is 0 Å². The molecule has 0 bridgehead atoms. The summed E-state index contributed by atoms with van der Waals surface area (Å²) < 4.78 is 0. The van der Waals surface area contributed by atoms with Crippen molar-refractivity contribution in [2.75, 3.05) is 39.3 Å². The van der Waals surface area contributed by atoms with Crippen LogP contribution >= 0.6 is 0 Å². The molecule has 0 aliphatic heterocycles. The van der Waals surface area contributed by atoms with Crippen LogP contribution in [-0.2, 0) is 19.2 Å². The average Bonchev–Trinajstić information content (AvgIpc) is 2.64. The number of hydrogen-bond donors (Lipinski definition) is 5. The van der Waals surface area contributed by atoms with Crippen LogP contribution in [0.4, 0.5) is 0 Å². The number of aliphatic carboxylic acids is 4. The Hall–Kier alpha value is -2.18. The van der Waals surface area contributed by atoms with E-state index >= 15 is 0 Å². The number of phenolic OH excluding ortho intramolecular Hbond substituents is 1. The van der Waals surface area contributed by atoms with E-state index < -0.39 is 50.1 Å². The summed E-state index contributed by atoms with van der Waals surface area (Å²) in [6.07, 6.45) is 0. The van der Waals surface area contributed by atoms with E-state index in [4.69, 9.17) is 20.4 Å². The fourth-order valence-electron chi connectivity index (χ4n) is 2.99. The fraction of sp³-hybridized carbons (Fsp3) is 0.545. The summed E-state index contributed by atoms with van der Waals surface area (Å²) in [4.78, 5) is 44.4. The molecule has 12 heteroatoms. The molecule has 11 nitrogen and oxygen atoms in total. The van der Waals surface area contributed by atoms with Gasteiger partial charge >= 0.3 is 53.4 Å². The Labute approximate surface area is 221 Å². The Morgan fingerprint density at radius 3 is 1.15 bits per heavy atom. The van der Waals surface area contributed by atoms with Gasteiger partial charge in [0.25, 0.3) is 0 Å². The molecule has 1 aromatic rings. The van der Waals surface area contributed by atoms with Crippen molar-refractivity contribution < 1.29 is 74.3 Å². The first-order valence-corrected chi connectivity index (χ1v) is 10.4. The topological polar surface area (TPSA) is 176 Å². The Morgan fingerprint density at radius 2 is 0.941 bits per heavy atom. The van der Waals surface area contributed by atoms with Gasteiger partial charge in [-0.25, -0.2) is 0 Å². The van der Waals surface area contributed by atoms with Crippen molar-refractivity contribution in [1.82, 2.24) is 9.80 Å². The molecule has 0 unspecified atom stereocenters. The first-order chi connectivity index (χ1) is 15.2. The summed E-state index contributed by atoms with van der Waals surface area (Å²) in [6, 6.07) is 6.00. The molecule has 186 valence electrons. The largest absolute Gasteiger partial charge is 1.00 e. The summed E-state index contributed by atoms with van der Waals surface area (Å²) in [7, 11) is 0. The first kappa shape index (κ1) is 34.0. The molecule has 0 spiro atoms. The van der Waals surface area contributed by atoms with Gasteiger partial charge in [-0.2, -0.15) is 0 Å². The minimum absolute atomic E-state index is 0. The van der Waals surface area contributed by atoms with E-state index in [0.717, 1.165) is 20.9 Å². The summed E-state index contributed by atoms with van der Waals surface area (Å²) in [5.74, 6) is -3.66. The van der Waals surface area contributed by atoms with E-state index in [1.807, 2.05) is 18.2 Å². The van der Waals surface area contributed by atoms with Gasteiger partial charge in [0.2, 0.25) is 0 Å². The molecule has 0 fully saturated rings. The van der Waals surface area contributed by atoms with Crippen molar-refractivity contribution in [3.8, 4) is 5.75 Å². The van der Waals surface area contributed by atoms with Crippen molar-refractivity contribution in [2.45, 2.75) is 39.5 Å². The molecule has 5 N–H and O–H groups in total. The third kappa shape index (κ3) is 14.9. The zero-order chi connectivity index (χ0) is 25.7. The van der Waals surface area contributed by atoms with Gasteiger partial charge in [0.05, 0.1) is 26.2 Å². The zero-order valence-corrected chi connectivity index (χ0v) is 22.4. The van der Waals surface area contributed by atoms with Crippen LogP contribution in [0, 0.1) is 0 Å². The molecule has 0 atom stereocenters. The Balaban J connectivity index is 0. The quantitative estimate of drug-likeness (QED) is 0.204. The minimum atomic E-state index is -1.23. The number of phenols is 1. The van der Waals surface area contributed by atoms with Crippen molar-refractivity contribution in [1.29, 1.82) is 0 Å². The number of carboxylic acids is 4. The van der Waals surface area contributed by atoms with E-state index in [1.54, 1.807) is 0 Å². The summed E-state index contributed by atoms with van der Waals surface area (Å²) in [6.45, 7) is 6.14. The second kappa shape index (κ2) is 17.3. The van der Waals surface area contributed by atoms with Gasteiger partial charge in [0, 0.05) is 13.1 Å². The van der Waals surface area contributed by atoms with Crippen LogP contribution in [-0.4, -0.2) is 98.5 Å². The molecule has 1 rings (SSSR count). The molecule has 0 heterocycles. The van der Waals surface area contributed by atoms with Crippen molar-refractivity contribution in [2.24, 2.45) is 0 Å². The number of para-hydroxylation sites is 1. The average molecular weight is 494 g/mol. The molecule has 0 saturated carbocycles. The predicted molar refractivity (Wildman–Crippen MR) is 120 cm³/mol. The molecule has 1 aromatic carbocycles. The van der Waals surface area contributed by atoms with Gasteiger partial charge in [0.1, 0.15) is 5.75 Å². The minimum Gasteiger partial charge on any atom is -0.507 e. The number of hydrogen-bond acceptors (Lipinski definition) is 7. The number of rotatable bonds is 13.